The van der Waals surface area contributed by atoms with Gasteiger partial charge in [-0.15, -0.1) is 10.2 Å². The van der Waals surface area contributed by atoms with Crippen molar-refractivity contribution < 1.29 is 14.3 Å². The van der Waals surface area contributed by atoms with Gasteiger partial charge in [0.15, 0.2) is 11.5 Å². The predicted molar refractivity (Wildman–Crippen MR) is 263 cm³/mol. The first kappa shape index (κ1) is 47.7. The third-order valence-electron chi connectivity index (χ3n) is 12.2. The van der Waals surface area contributed by atoms with Gasteiger partial charge in [-0.3, -0.25) is 4.79 Å². The Hall–Kier alpha value is -4.76. The van der Waals surface area contributed by atoms with Crippen LogP contribution >= 0.6 is 11.8 Å². The molecule has 1 aliphatic rings. The zero-order chi connectivity index (χ0) is 44.1. The molecule has 0 fully saturated rings. The van der Waals surface area contributed by atoms with Gasteiger partial charge in [0.1, 0.15) is 11.5 Å². The van der Waals surface area contributed by atoms with Gasteiger partial charge in [-0.1, -0.05) is 196 Å². The number of hydrogen-bond acceptors (Lipinski definition) is 8. The second-order valence-corrected chi connectivity index (χ2v) is 18.2. The van der Waals surface area contributed by atoms with E-state index in [9.17, 15) is 9.59 Å². The molecule has 336 valence electrons. The first-order chi connectivity index (χ1) is 31.0. The summed E-state index contributed by atoms with van der Waals surface area (Å²) < 4.78 is 6.96. The molecular formula is C54H71N5O3S. The number of hydrogen-bond donors (Lipinski definition) is 0. The van der Waals surface area contributed by atoms with E-state index >= 15 is 0 Å². The number of rotatable bonds is 29. The number of nitrogens with zero attached hydrogens (tertiary/aromatic N) is 5. The topological polar surface area (TPSA) is 89.7 Å². The number of ether oxygens (including phenoxy) is 1. The molecule has 9 heteroatoms. The zero-order valence-electron chi connectivity index (χ0n) is 38.4. The highest BCUT2D eigenvalue weighted by Crippen LogP contribution is 2.49. The van der Waals surface area contributed by atoms with Crippen LogP contribution in [-0.2, 0) is 16.0 Å². The van der Waals surface area contributed by atoms with Crippen LogP contribution in [0.4, 0.5) is 5.69 Å². The number of benzene rings is 3. The number of carbonyl (C=O) groups is 2. The van der Waals surface area contributed by atoms with E-state index in [1.54, 1.807) is 23.6 Å². The maximum atomic E-state index is 13.2. The summed E-state index contributed by atoms with van der Waals surface area (Å²) in [6.45, 7) is 7.63. The summed E-state index contributed by atoms with van der Waals surface area (Å²) in [7, 11) is 0. The van der Waals surface area contributed by atoms with E-state index < -0.39 is 0 Å². The normalized spacial score (nSPS) is 13.7. The van der Waals surface area contributed by atoms with Crippen LogP contribution in [-0.4, -0.2) is 44.7 Å². The van der Waals surface area contributed by atoms with Crippen LogP contribution in [0.2, 0.25) is 0 Å². The smallest absolute Gasteiger partial charge is 0.338 e. The minimum atomic E-state index is -0.355. The highest BCUT2D eigenvalue weighted by Gasteiger charge is 2.26. The van der Waals surface area contributed by atoms with Crippen LogP contribution in [0.3, 0.4) is 0 Å². The van der Waals surface area contributed by atoms with Crippen molar-refractivity contribution in [1.82, 2.24) is 19.8 Å². The summed E-state index contributed by atoms with van der Waals surface area (Å²) in [5.74, 6) is 0.355. The average Bonchev–Trinajstić information content (AvgIpc) is 3.98. The molecule has 5 aromatic rings. The molecule has 0 N–H and O–H groups in total. The summed E-state index contributed by atoms with van der Waals surface area (Å²) in [5.41, 5.74) is 3.96. The third kappa shape index (κ3) is 13.9. The van der Waals surface area contributed by atoms with Crippen LogP contribution in [0.25, 0.3) is 33.8 Å². The Morgan fingerprint density at radius 3 is 1.95 bits per heavy atom. The number of anilines is 1. The van der Waals surface area contributed by atoms with Gasteiger partial charge in [-0.25, -0.2) is 4.79 Å². The van der Waals surface area contributed by atoms with E-state index in [1.807, 2.05) is 36.0 Å². The molecule has 0 radical (unpaired) electrons. The first-order valence-corrected chi connectivity index (χ1v) is 25.2. The molecule has 0 saturated heterocycles. The lowest BCUT2D eigenvalue weighted by Crippen LogP contribution is -2.19. The Bertz CT molecular complexity index is 2310. The number of ketones is 1. The lowest BCUT2D eigenvalue weighted by atomic mass is 10.0. The van der Waals surface area contributed by atoms with Crippen molar-refractivity contribution >= 4 is 51.7 Å². The fourth-order valence-electron chi connectivity index (χ4n) is 8.64. The van der Waals surface area contributed by atoms with Crippen molar-refractivity contribution in [2.75, 3.05) is 18.1 Å². The lowest BCUT2D eigenvalue weighted by molar-refractivity contribution is -0.118. The summed E-state index contributed by atoms with van der Waals surface area (Å²) >= 11 is 1.83. The van der Waals surface area contributed by atoms with Crippen molar-refractivity contribution in [2.45, 2.75) is 167 Å². The maximum Gasteiger partial charge on any atom is 0.338 e. The summed E-state index contributed by atoms with van der Waals surface area (Å²) in [6.07, 6.45) is 34.6. The van der Waals surface area contributed by atoms with Crippen molar-refractivity contribution in [3.63, 3.8) is 0 Å². The van der Waals surface area contributed by atoms with E-state index in [1.165, 1.54) is 136 Å². The zero-order valence-corrected chi connectivity index (χ0v) is 39.2. The minimum absolute atomic E-state index is 0.162. The number of esters is 1. The molecule has 8 nitrogen and oxygen atoms in total. The Labute approximate surface area is 381 Å². The molecule has 0 unspecified atom stereocenters. The number of fused-ring (bicyclic) bond motifs is 4. The van der Waals surface area contributed by atoms with Crippen LogP contribution in [0.15, 0.2) is 88.8 Å². The van der Waals surface area contributed by atoms with E-state index in [-0.39, 0.29) is 18.2 Å². The number of carbonyl (C=O) groups excluding carboxylic acids is 2. The molecule has 6 rings (SSSR count). The standard InChI is InChI=1S/C54H71N5O3S/c1-4-7-9-11-13-15-17-19-21-23-30-45(60)41-49-55-56-53-47(51(57-59(49)53)43-34-36-44(37-35-43)54(61)62-6-3)32-26-27-33-50-58(40-28-22-20-18-16-14-12-10-8-5-2)52-46-31-25-24-29-42(46)38-39-48(52)63-50/h24-27,29,31-39H,4-23,28,30,40-41H2,1-3H3/b27-26+,47-32-,50-33-. The first-order valence-electron chi connectivity index (χ1n) is 24.4. The molecule has 0 amide bonds. The van der Waals surface area contributed by atoms with Crippen LogP contribution in [0.1, 0.15) is 172 Å². The summed E-state index contributed by atoms with van der Waals surface area (Å²) in [6, 6.07) is 20.5. The van der Waals surface area contributed by atoms with Crippen LogP contribution in [0.5, 0.6) is 0 Å². The molecule has 0 bridgehead atoms. The largest absolute Gasteiger partial charge is 0.462 e. The van der Waals surface area contributed by atoms with E-state index in [0.29, 0.717) is 35.8 Å². The van der Waals surface area contributed by atoms with Crippen molar-refractivity contribution in [1.29, 1.82) is 0 Å². The molecule has 0 spiro atoms. The molecule has 3 aromatic carbocycles. The van der Waals surface area contributed by atoms with Gasteiger partial charge in [0.2, 0.25) is 0 Å². The molecule has 0 atom stereocenters. The van der Waals surface area contributed by atoms with Crippen molar-refractivity contribution in [3.8, 4) is 11.3 Å². The van der Waals surface area contributed by atoms with Crippen LogP contribution in [0, 0.1) is 0 Å². The molecule has 1 aliphatic heterocycles. The number of allylic oxidation sites excluding steroid dienone is 3. The fraction of sp³-hybridized carbons (Fsp3) is 0.500. The van der Waals surface area contributed by atoms with Crippen LogP contribution < -0.4 is 10.1 Å². The number of Topliss-reactive ketones (excluding diaryl/α,β-unsaturated/α-hetero) is 1. The predicted octanol–water partition coefficient (Wildman–Crippen LogP) is 14.0. The van der Waals surface area contributed by atoms with Gasteiger partial charge in [0.05, 0.1) is 29.3 Å². The average molecular weight is 870 g/mol. The van der Waals surface area contributed by atoms with E-state index in [4.69, 9.17) is 9.84 Å². The Morgan fingerprint density at radius 2 is 1.29 bits per heavy atom. The molecular weight excluding hydrogens is 799 g/mol. The van der Waals surface area contributed by atoms with Gasteiger partial charge in [0, 0.05) is 34.0 Å². The fourth-order valence-corrected chi connectivity index (χ4v) is 9.76. The van der Waals surface area contributed by atoms with Crippen molar-refractivity contribution in [3.05, 3.63) is 101 Å². The monoisotopic (exact) mass is 870 g/mol. The molecule has 63 heavy (non-hydrogen) atoms. The quantitative estimate of drug-likeness (QED) is 0.0347. The van der Waals surface area contributed by atoms with Gasteiger partial charge in [-0.05, 0) is 55.5 Å². The Kier molecular flexibility index (Phi) is 19.8. The highest BCUT2D eigenvalue weighted by atomic mass is 32.2. The third-order valence-corrected chi connectivity index (χ3v) is 13.3. The summed E-state index contributed by atoms with van der Waals surface area (Å²) in [5, 5.41) is 18.6. The molecule has 3 heterocycles. The number of thioether (sulfide) groups is 1. The van der Waals surface area contributed by atoms with E-state index in [2.05, 4.69) is 77.5 Å². The Balaban J connectivity index is 1.17. The maximum absolute atomic E-state index is 13.2. The summed E-state index contributed by atoms with van der Waals surface area (Å²) in [4.78, 5) is 29.5. The second-order valence-electron chi connectivity index (χ2n) is 17.2. The minimum Gasteiger partial charge on any atom is -0.462 e. The molecule has 0 aliphatic carbocycles. The van der Waals surface area contributed by atoms with Gasteiger partial charge < -0.3 is 9.64 Å². The molecule has 0 saturated carbocycles. The number of aromatic nitrogens is 4. The van der Waals surface area contributed by atoms with Gasteiger partial charge >= 0.3 is 5.97 Å². The number of unbranched alkanes of at least 4 members (excludes halogenated alkanes) is 18. The van der Waals surface area contributed by atoms with Gasteiger partial charge in [-0.2, -0.15) is 9.61 Å². The van der Waals surface area contributed by atoms with Crippen molar-refractivity contribution in [2.24, 2.45) is 0 Å². The van der Waals surface area contributed by atoms with E-state index in [0.717, 1.165) is 36.6 Å². The van der Waals surface area contributed by atoms with Gasteiger partial charge in [0.25, 0.3) is 0 Å². The SMILES string of the molecule is CCCCCCCCCCCCC(=O)Cc1nnc2\c(=C/C=C/C=C3\Sc4ccc5ccccc5c4N3CCCCCCCCCCCC)c(-c3ccc(C(=O)OCC)cc3)nn12. The second kappa shape index (κ2) is 26.1. The lowest BCUT2D eigenvalue weighted by Gasteiger charge is -2.22. The highest BCUT2D eigenvalue weighted by molar-refractivity contribution is 8.03. The molecule has 2 aromatic heterocycles. The Morgan fingerprint density at radius 1 is 0.667 bits per heavy atom.